The molecule has 0 spiro atoms. The molecule has 1 aromatic carbocycles. The summed E-state index contributed by atoms with van der Waals surface area (Å²) in [5.74, 6) is -2.54. The molecule has 170 valence electrons. The monoisotopic (exact) mass is 466 g/mol. The molecule has 31 heavy (non-hydrogen) atoms. The van der Waals surface area contributed by atoms with Gasteiger partial charge in [-0.3, -0.25) is 9.59 Å². The lowest BCUT2D eigenvalue weighted by molar-refractivity contribution is -0.152. The van der Waals surface area contributed by atoms with Crippen LogP contribution >= 0.6 is 11.3 Å². The summed E-state index contributed by atoms with van der Waals surface area (Å²) in [6.45, 7) is 6.71. The third-order valence-electron chi connectivity index (χ3n) is 4.81. The summed E-state index contributed by atoms with van der Waals surface area (Å²) in [5, 5.41) is 4.57. The van der Waals surface area contributed by atoms with Crippen molar-refractivity contribution in [2.45, 2.75) is 51.3 Å². The second-order valence-electron chi connectivity index (χ2n) is 8.28. The molecule has 2 atom stereocenters. The summed E-state index contributed by atoms with van der Waals surface area (Å²) in [6.07, 6.45) is 0.423. The molecule has 0 saturated carbocycles. The zero-order valence-corrected chi connectivity index (χ0v) is 20.0. The van der Waals surface area contributed by atoms with Gasteiger partial charge < -0.3 is 10.1 Å². The summed E-state index contributed by atoms with van der Waals surface area (Å²) in [4.78, 5) is 29.7. The van der Waals surface area contributed by atoms with E-state index in [4.69, 9.17) is 4.74 Å². The van der Waals surface area contributed by atoms with E-state index < -0.39 is 38.4 Å². The van der Waals surface area contributed by atoms with Crippen molar-refractivity contribution < 1.29 is 22.7 Å². The lowest BCUT2D eigenvalue weighted by Gasteiger charge is -2.26. The number of aromatic nitrogens is 1. The highest BCUT2D eigenvalue weighted by Crippen LogP contribution is 2.19. The number of nitrogens with zero attached hydrogens (tertiary/aromatic N) is 1. The third kappa shape index (κ3) is 7.43. The van der Waals surface area contributed by atoms with Crippen LogP contribution in [0.5, 0.6) is 0 Å². The van der Waals surface area contributed by atoms with Gasteiger partial charge in [0.2, 0.25) is 5.91 Å². The molecule has 0 aliphatic carbocycles. The summed E-state index contributed by atoms with van der Waals surface area (Å²) < 4.78 is 29.8. The maximum absolute atomic E-state index is 13.1. The Hall–Kier alpha value is -2.26. The van der Waals surface area contributed by atoms with Gasteiger partial charge in [0, 0.05) is 17.8 Å². The van der Waals surface area contributed by atoms with Crippen LogP contribution in [-0.2, 0) is 37.0 Å². The van der Waals surface area contributed by atoms with Crippen LogP contribution in [0.15, 0.2) is 41.2 Å². The van der Waals surface area contributed by atoms with Crippen LogP contribution in [0.2, 0.25) is 0 Å². The topological polar surface area (TPSA) is 102 Å². The van der Waals surface area contributed by atoms with E-state index in [1.54, 1.807) is 38.6 Å². The number of nitrogens with one attached hydrogen (secondary N) is 1. The normalized spacial score (nSPS) is 13.9. The van der Waals surface area contributed by atoms with Crippen molar-refractivity contribution in [2.24, 2.45) is 5.92 Å². The number of amides is 1. The summed E-state index contributed by atoms with van der Waals surface area (Å²) in [5.41, 5.74) is 3.13. The van der Waals surface area contributed by atoms with Crippen LogP contribution < -0.4 is 5.32 Å². The number of thiazole rings is 1. The van der Waals surface area contributed by atoms with Gasteiger partial charge in [-0.1, -0.05) is 30.3 Å². The number of sulfone groups is 1. The number of esters is 1. The Morgan fingerprint density at radius 3 is 2.39 bits per heavy atom. The average Bonchev–Trinajstić information content (AvgIpc) is 3.19. The van der Waals surface area contributed by atoms with Gasteiger partial charge >= 0.3 is 5.97 Å². The zero-order valence-electron chi connectivity index (χ0n) is 18.3. The highest BCUT2D eigenvalue weighted by atomic mass is 32.2. The molecule has 7 nitrogen and oxygen atoms in total. The van der Waals surface area contributed by atoms with Crippen molar-refractivity contribution in [1.82, 2.24) is 10.3 Å². The quantitative estimate of drug-likeness (QED) is 0.427. The molecule has 1 amide bonds. The molecule has 0 bridgehead atoms. The van der Waals surface area contributed by atoms with Crippen LogP contribution in [0.4, 0.5) is 0 Å². The Kier molecular flexibility index (Phi) is 8.76. The lowest BCUT2D eigenvalue weighted by atomic mass is 10.0. The first-order chi connectivity index (χ1) is 14.5. The minimum atomic E-state index is -3.51. The summed E-state index contributed by atoms with van der Waals surface area (Å²) in [7, 11) is -3.51. The van der Waals surface area contributed by atoms with Gasteiger partial charge in [0.15, 0.2) is 9.84 Å². The molecule has 0 radical (unpaired) electrons. The van der Waals surface area contributed by atoms with Gasteiger partial charge in [0.1, 0.15) is 5.92 Å². The van der Waals surface area contributed by atoms with E-state index in [0.717, 1.165) is 5.56 Å². The number of carbonyl (C=O) groups excluding carboxylic acids is 2. The van der Waals surface area contributed by atoms with E-state index in [1.807, 2.05) is 30.3 Å². The van der Waals surface area contributed by atoms with Crippen molar-refractivity contribution in [3.05, 3.63) is 52.5 Å². The molecule has 0 aliphatic rings. The van der Waals surface area contributed by atoms with E-state index in [2.05, 4.69) is 10.3 Å². The third-order valence-corrected chi connectivity index (χ3v) is 8.15. The van der Waals surface area contributed by atoms with Gasteiger partial charge in [-0.05, 0) is 39.7 Å². The van der Waals surface area contributed by atoms with Crippen LogP contribution in [0.3, 0.4) is 0 Å². The molecule has 2 unspecified atom stereocenters. The molecule has 2 rings (SSSR count). The second kappa shape index (κ2) is 10.9. The average molecular weight is 467 g/mol. The minimum Gasteiger partial charge on any atom is -0.465 e. The lowest BCUT2D eigenvalue weighted by Crippen LogP contribution is -2.48. The highest BCUT2D eigenvalue weighted by Gasteiger charge is 2.35. The summed E-state index contributed by atoms with van der Waals surface area (Å²) in [6, 6.07) is 8.65. The van der Waals surface area contributed by atoms with Gasteiger partial charge in [-0.2, -0.15) is 0 Å². The SMILES string of the molecule is CCOC(=O)C(Cc1cscn1)C(=O)NC(Cc1ccccc1)CS(=O)(=O)C(C)(C)C. The molecular formula is C22H30N2O5S2. The van der Waals surface area contributed by atoms with E-state index in [0.29, 0.717) is 12.1 Å². The second-order valence-corrected chi connectivity index (χ2v) is 11.8. The fourth-order valence-electron chi connectivity index (χ4n) is 2.94. The predicted octanol–water partition coefficient (Wildman–Crippen LogP) is 2.81. The number of benzene rings is 1. The molecule has 0 aliphatic heterocycles. The van der Waals surface area contributed by atoms with Crippen LogP contribution in [0.1, 0.15) is 39.0 Å². The van der Waals surface area contributed by atoms with Crippen LogP contribution in [0, 0.1) is 5.92 Å². The van der Waals surface area contributed by atoms with Crippen molar-refractivity contribution in [1.29, 1.82) is 0 Å². The van der Waals surface area contributed by atoms with Crippen molar-refractivity contribution in [2.75, 3.05) is 12.4 Å². The van der Waals surface area contributed by atoms with Crippen LogP contribution in [0.25, 0.3) is 0 Å². The molecule has 9 heteroatoms. The predicted molar refractivity (Wildman–Crippen MR) is 122 cm³/mol. The van der Waals surface area contributed by atoms with Gasteiger partial charge in [-0.15, -0.1) is 11.3 Å². The van der Waals surface area contributed by atoms with E-state index in [1.165, 1.54) is 11.3 Å². The first kappa shape index (κ1) is 25.0. The Morgan fingerprint density at radius 2 is 1.84 bits per heavy atom. The maximum atomic E-state index is 13.1. The Labute approximate surface area is 188 Å². The molecule has 1 aromatic heterocycles. The first-order valence-electron chi connectivity index (χ1n) is 10.1. The molecule has 1 N–H and O–H groups in total. The largest absolute Gasteiger partial charge is 0.465 e. The number of carbonyl (C=O) groups is 2. The fourth-order valence-corrected chi connectivity index (χ4v) is 4.74. The van der Waals surface area contributed by atoms with E-state index in [-0.39, 0.29) is 18.8 Å². The molecule has 2 aromatic rings. The Bertz CT molecular complexity index is 952. The number of ether oxygens (including phenoxy) is 1. The maximum Gasteiger partial charge on any atom is 0.318 e. The van der Waals surface area contributed by atoms with Crippen molar-refractivity contribution in [3.8, 4) is 0 Å². The first-order valence-corrected chi connectivity index (χ1v) is 12.7. The number of rotatable bonds is 10. The number of hydrogen-bond acceptors (Lipinski definition) is 7. The number of hydrogen-bond donors (Lipinski definition) is 1. The molecule has 0 saturated heterocycles. The zero-order chi connectivity index (χ0) is 23.1. The van der Waals surface area contributed by atoms with Crippen molar-refractivity contribution >= 4 is 33.1 Å². The van der Waals surface area contributed by atoms with E-state index >= 15 is 0 Å². The van der Waals surface area contributed by atoms with Crippen molar-refractivity contribution in [3.63, 3.8) is 0 Å². The highest BCUT2D eigenvalue weighted by molar-refractivity contribution is 7.92. The molecular weight excluding hydrogens is 436 g/mol. The summed E-state index contributed by atoms with van der Waals surface area (Å²) >= 11 is 1.37. The minimum absolute atomic E-state index is 0.0955. The van der Waals surface area contributed by atoms with Gasteiger partial charge in [0.25, 0.3) is 0 Å². The fraction of sp³-hybridized carbons (Fsp3) is 0.500. The molecule has 0 fully saturated rings. The Morgan fingerprint density at radius 1 is 1.16 bits per heavy atom. The standard InChI is InChI=1S/C22H30N2O5S2/c1-5-29-21(26)19(12-17-13-30-15-23-17)20(25)24-18(11-16-9-7-6-8-10-16)14-31(27,28)22(2,3)4/h6-10,13,15,18-19H,5,11-12,14H2,1-4H3,(H,24,25). The molecule has 1 heterocycles. The van der Waals surface area contributed by atoms with E-state index in [9.17, 15) is 18.0 Å². The van der Waals surface area contributed by atoms with Gasteiger partial charge in [-0.25, -0.2) is 13.4 Å². The smallest absolute Gasteiger partial charge is 0.318 e. The van der Waals surface area contributed by atoms with Crippen LogP contribution in [-0.4, -0.2) is 48.4 Å². The Balaban J connectivity index is 2.26. The van der Waals surface area contributed by atoms with Gasteiger partial charge in [0.05, 0.1) is 28.3 Å².